The second kappa shape index (κ2) is 5.92. The number of methoxy groups -OCH3 is 1. The lowest BCUT2D eigenvalue weighted by Gasteiger charge is -2.29. The summed E-state index contributed by atoms with van der Waals surface area (Å²) in [4.78, 5) is 0. The fourth-order valence-electron chi connectivity index (χ4n) is 2.36. The molecule has 1 aliphatic rings. The van der Waals surface area contributed by atoms with Gasteiger partial charge in [-0.1, -0.05) is 0 Å². The first kappa shape index (κ1) is 12.2. The molecule has 94 valence electrons. The Morgan fingerprint density at radius 3 is 2.47 bits per heavy atom. The molecule has 1 saturated carbocycles. The van der Waals surface area contributed by atoms with Crippen molar-refractivity contribution in [2.45, 2.75) is 37.8 Å². The quantitative estimate of drug-likeness (QED) is 0.870. The van der Waals surface area contributed by atoms with Gasteiger partial charge in [-0.3, -0.25) is 0 Å². The Hall–Kier alpha value is -1.22. The van der Waals surface area contributed by atoms with E-state index in [1.165, 1.54) is 12.8 Å². The van der Waals surface area contributed by atoms with Crippen LogP contribution in [0.2, 0.25) is 0 Å². The molecule has 0 bridgehead atoms. The molecule has 2 unspecified atom stereocenters. The van der Waals surface area contributed by atoms with Crippen LogP contribution in [0.5, 0.6) is 11.5 Å². The predicted octanol–water partition coefficient (Wildman–Crippen LogP) is 2.60. The van der Waals surface area contributed by atoms with E-state index in [2.05, 4.69) is 5.32 Å². The van der Waals surface area contributed by atoms with Crippen LogP contribution in [0.3, 0.4) is 0 Å². The molecule has 3 nitrogen and oxygen atoms in total. The van der Waals surface area contributed by atoms with Crippen molar-refractivity contribution in [2.24, 2.45) is 0 Å². The predicted molar refractivity (Wildman–Crippen MR) is 68.7 cm³/mol. The van der Waals surface area contributed by atoms with Crippen molar-refractivity contribution in [3.63, 3.8) is 0 Å². The van der Waals surface area contributed by atoms with Gasteiger partial charge in [-0.05, 0) is 57.0 Å². The van der Waals surface area contributed by atoms with Crippen molar-refractivity contribution >= 4 is 0 Å². The highest BCUT2D eigenvalue weighted by atomic mass is 16.5. The molecule has 1 aromatic rings. The zero-order chi connectivity index (χ0) is 12.1. The Balaban J connectivity index is 1.90. The molecule has 0 saturated heterocycles. The first-order chi connectivity index (χ1) is 8.31. The van der Waals surface area contributed by atoms with Gasteiger partial charge in [0.1, 0.15) is 17.6 Å². The maximum absolute atomic E-state index is 5.99. The molecular formula is C14H21NO2. The van der Waals surface area contributed by atoms with E-state index in [1.807, 2.05) is 31.3 Å². The number of hydrogen-bond donors (Lipinski definition) is 1. The molecule has 2 atom stereocenters. The maximum Gasteiger partial charge on any atom is 0.119 e. The van der Waals surface area contributed by atoms with Gasteiger partial charge in [0.05, 0.1) is 7.11 Å². The molecule has 3 heteroatoms. The average Bonchev–Trinajstić information content (AvgIpc) is 2.40. The van der Waals surface area contributed by atoms with Crippen LogP contribution >= 0.6 is 0 Å². The van der Waals surface area contributed by atoms with Crippen molar-refractivity contribution in [1.29, 1.82) is 0 Å². The van der Waals surface area contributed by atoms with Crippen LogP contribution in [-0.2, 0) is 0 Å². The summed E-state index contributed by atoms with van der Waals surface area (Å²) in [6.07, 6.45) is 5.10. The van der Waals surface area contributed by atoms with Gasteiger partial charge in [0, 0.05) is 6.04 Å². The monoisotopic (exact) mass is 235 g/mol. The minimum Gasteiger partial charge on any atom is -0.497 e. The molecule has 17 heavy (non-hydrogen) atoms. The Labute approximate surface area is 103 Å². The van der Waals surface area contributed by atoms with Gasteiger partial charge in [0.2, 0.25) is 0 Å². The molecule has 0 amide bonds. The molecule has 0 aromatic heterocycles. The van der Waals surface area contributed by atoms with E-state index >= 15 is 0 Å². The van der Waals surface area contributed by atoms with Crippen LogP contribution in [-0.4, -0.2) is 26.3 Å². The summed E-state index contributed by atoms with van der Waals surface area (Å²) in [6.45, 7) is 0. The number of benzene rings is 1. The smallest absolute Gasteiger partial charge is 0.119 e. The van der Waals surface area contributed by atoms with Gasteiger partial charge >= 0.3 is 0 Å². The van der Waals surface area contributed by atoms with Crippen LogP contribution in [0.25, 0.3) is 0 Å². The second-order valence-electron chi connectivity index (χ2n) is 4.57. The first-order valence-electron chi connectivity index (χ1n) is 6.30. The third-order valence-electron chi connectivity index (χ3n) is 3.40. The Bertz CT molecular complexity index is 337. The number of hydrogen-bond acceptors (Lipinski definition) is 3. The number of ether oxygens (including phenoxy) is 2. The van der Waals surface area contributed by atoms with Gasteiger partial charge < -0.3 is 14.8 Å². The van der Waals surface area contributed by atoms with Gasteiger partial charge in [0.25, 0.3) is 0 Å². The standard InChI is InChI=1S/C14H21NO2/c1-15-11-4-3-5-14(10-11)17-13-8-6-12(16-2)7-9-13/h6-9,11,14-15H,3-5,10H2,1-2H3. The lowest BCUT2D eigenvalue weighted by Crippen LogP contribution is -2.36. The lowest BCUT2D eigenvalue weighted by molar-refractivity contribution is 0.137. The van der Waals surface area contributed by atoms with E-state index in [0.717, 1.165) is 24.3 Å². The van der Waals surface area contributed by atoms with Gasteiger partial charge in [-0.15, -0.1) is 0 Å². The summed E-state index contributed by atoms with van der Waals surface area (Å²) < 4.78 is 11.1. The highest BCUT2D eigenvalue weighted by molar-refractivity contribution is 5.31. The van der Waals surface area contributed by atoms with Crippen molar-refractivity contribution in [2.75, 3.05) is 14.2 Å². The third kappa shape index (κ3) is 3.37. The minimum atomic E-state index is 0.342. The van der Waals surface area contributed by atoms with Crippen molar-refractivity contribution < 1.29 is 9.47 Å². The van der Waals surface area contributed by atoms with Gasteiger partial charge in [-0.25, -0.2) is 0 Å². The van der Waals surface area contributed by atoms with E-state index in [9.17, 15) is 0 Å². The van der Waals surface area contributed by atoms with Crippen molar-refractivity contribution in [3.05, 3.63) is 24.3 Å². The molecular weight excluding hydrogens is 214 g/mol. The average molecular weight is 235 g/mol. The largest absolute Gasteiger partial charge is 0.497 e. The Kier molecular flexibility index (Phi) is 4.26. The third-order valence-corrected chi connectivity index (χ3v) is 3.40. The summed E-state index contributed by atoms with van der Waals surface area (Å²) in [5, 5.41) is 3.34. The molecule has 2 rings (SSSR count). The van der Waals surface area contributed by atoms with Crippen molar-refractivity contribution in [1.82, 2.24) is 5.32 Å². The van der Waals surface area contributed by atoms with E-state index in [1.54, 1.807) is 7.11 Å². The summed E-state index contributed by atoms with van der Waals surface area (Å²) >= 11 is 0. The van der Waals surface area contributed by atoms with Crippen LogP contribution in [0.15, 0.2) is 24.3 Å². The highest BCUT2D eigenvalue weighted by Crippen LogP contribution is 2.25. The minimum absolute atomic E-state index is 0.342. The molecule has 1 aliphatic carbocycles. The molecule has 0 radical (unpaired) electrons. The van der Waals surface area contributed by atoms with E-state index in [-0.39, 0.29) is 0 Å². The van der Waals surface area contributed by atoms with E-state index < -0.39 is 0 Å². The van der Waals surface area contributed by atoms with E-state index in [0.29, 0.717) is 12.1 Å². The SMILES string of the molecule is CNC1CCCC(Oc2ccc(OC)cc2)C1. The Morgan fingerprint density at radius 2 is 1.82 bits per heavy atom. The van der Waals surface area contributed by atoms with Crippen LogP contribution in [0, 0.1) is 0 Å². The van der Waals surface area contributed by atoms with Crippen LogP contribution < -0.4 is 14.8 Å². The summed E-state index contributed by atoms with van der Waals surface area (Å²) in [6, 6.07) is 8.43. The summed E-state index contributed by atoms with van der Waals surface area (Å²) in [7, 11) is 3.70. The first-order valence-corrected chi connectivity index (χ1v) is 6.30. The summed E-state index contributed by atoms with van der Waals surface area (Å²) in [5.74, 6) is 1.81. The molecule has 0 spiro atoms. The van der Waals surface area contributed by atoms with Crippen LogP contribution in [0.1, 0.15) is 25.7 Å². The van der Waals surface area contributed by atoms with Crippen LogP contribution in [0.4, 0.5) is 0 Å². The van der Waals surface area contributed by atoms with E-state index in [4.69, 9.17) is 9.47 Å². The van der Waals surface area contributed by atoms with Gasteiger partial charge in [0.15, 0.2) is 0 Å². The zero-order valence-corrected chi connectivity index (χ0v) is 10.6. The topological polar surface area (TPSA) is 30.5 Å². The molecule has 0 aliphatic heterocycles. The zero-order valence-electron chi connectivity index (χ0n) is 10.6. The number of rotatable bonds is 4. The molecule has 1 aromatic carbocycles. The maximum atomic E-state index is 5.99. The second-order valence-corrected chi connectivity index (χ2v) is 4.57. The normalized spacial score (nSPS) is 24.4. The number of nitrogens with one attached hydrogen (secondary N) is 1. The fourth-order valence-corrected chi connectivity index (χ4v) is 2.36. The van der Waals surface area contributed by atoms with Crippen molar-refractivity contribution in [3.8, 4) is 11.5 Å². The molecule has 0 heterocycles. The summed E-state index contributed by atoms with van der Waals surface area (Å²) in [5.41, 5.74) is 0. The lowest BCUT2D eigenvalue weighted by atomic mass is 9.93. The molecule has 1 N–H and O–H groups in total. The molecule has 1 fully saturated rings. The van der Waals surface area contributed by atoms with Gasteiger partial charge in [-0.2, -0.15) is 0 Å². The highest BCUT2D eigenvalue weighted by Gasteiger charge is 2.21. The Morgan fingerprint density at radius 1 is 1.12 bits per heavy atom. The fraction of sp³-hybridized carbons (Fsp3) is 0.571.